The molecular weight excluding hydrogens is 294 g/mol. The summed E-state index contributed by atoms with van der Waals surface area (Å²) in [6, 6.07) is 8.30. The molecule has 0 bridgehead atoms. The van der Waals surface area contributed by atoms with Crippen molar-refractivity contribution in [2.75, 3.05) is 20.3 Å². The number of methoxy groups -OCH3 is 1. The van der Waals surface area contributed by atoms with E-state index >= 15 is 0 Å². The van der Waals surface area contributed by atoms with Gasteiger partial charge in [-0.3, -0.25) is 0 Å². The molecule has 0 spiro atoms. The van der Waals surface area contributed by atoms with E-state index in [1.165, 1.54) is 5.56 Å². The van der Waals surface area contributed by atoms with E-state index in [0.29, 0.717) is 19.6 Å². The molecule has 0 heterocycles. The van der Waals surface area contributed by atoms with Gasteiger partial charge >= 0.3 is 0 Å². The van der Waals surface area contributed by atoms with Gasteiger partial charge in [-0.15, -0.1) is 0 Å². The fraction of sp³-hybridized carbons (Fsp3) is 0.571. The van der Waals surface area contributed by atoms with E-state index in [-0.39, 0.29) is 6.04 Å². The Labute approximate surface area is 118 Å². The molecule has 0 aromatic heterocycles. The molecule has 18 heavy (non-hydrogen) atoms. The quantitative estimate of drug-likeness (QED) is 0.813. The van der Waals surface area contributed by atoms with Gasteiger partial charge in [-0.2, -0.15) is 0 Å². The van der Waals surface area contributed by atoms with E-state index in [4.69, 9.17) is 4.74 Å². The van der Waals surface area contributed by atoms with Crippen LogP contribution < -0.4 is 5.32 Å². The van der Waals surface area contributed by atoms with Gasteiger partial charge in [0, 0.05) is 37.2 Å². The molecule has 2 unspecified atom stereocenters. The monoisotopic (exact) mass is 315 g/mol. The normalized spacial score (nSPS) is 16.3. The average Bonchev–Trinajstić information content (AvgIpc) is 2.34. The summed E-state index contributed by atoms with van der Waals surface area (Å²) in [6.45, 7) is 5.02. The summed E-state index contributed by atoms with van der Waals surface area (Å²) in [5, 5.41) is 13.5. The maximum atomic E-state index is 10.2. The van der Waals surface area contributed by atoms with Gasteiger partial charge in [0.15, 0.2) is 0 Å². The Morgan fingerprint density at radius 2 is 2.11 bits per heavy atom. The van der Waals surface area contributed by atoms with Crippen LogP contribution in [0, 0.1) is 0 Å². The third kappa shape index (κ3) is 5.06. The number of rotatable bonds is 7. The summed E-state index contributed by atoms with van der Waals surface area (Å²) in [5.41, 5.74) is 0.450. The van der Waals surface area contributed by atoms with Crippen molar-refractivity contribution in [3.05, 3.63) is 34.3 Å². The first-order chi connectivity index (χ1) is 8.46. The fourth-order valence-electron chi connectivity index (χ4n) is 1.72. The number of hydrogen-bond acceptors (Lipinski definition) is 3. The number of ether oxygens (including phenoxy) is 1. The molecule has 0 aliphatic rings. The van der Waals surface area contributed by atoms with Crippen LogP contribution in [0.3, 0.4) is 0 Å². The smallest absolute Gasteiger partial charge is 0.0765 e. The molecule has 102 valence electrons. The Bertz CT molecular complexity index is 369. The fourth-order valence-corrected chi connectivity index (χ4v) is 2.35. The lowest BCUT2D eigenvalue weighted by molar-refractivity contribution is 0.0231. The zero-order chi connectivity index (χ0) is 13.6. The maximum Gasteiger partial charge on any atom is 0.0765 e. The standard InChI is InChI=1S/C14H22BrNO2/c1-11(12-6-4-5-7-13(12)15)16-10-14(2,17)8-9-18-3/h4-7,11,16-17H,8-10H2,1-3H3. The molecule has 2 atom stereocenters. The number of aliphatic hydroxyl groups is 1. The Kier molecular flexibility index (Phi) is 6.29. The zero-order valence-electron chi connectivity index (χ0n) is 11.2. The highest BCUT2D eigenvalue weighted by molar-refractivity contribution is 9.10. The third-order valence-corrected chi connectivity index (χ3v) is 3.73. The van der Waals surface area contributed by atoms with Crippen LogP contribution in [0.1, 0.15) is 31.9 Å². The molecule has 0 aliphatic heterocycles. The minimum absolute atomic E-state index is 0.189. The van der Waals surface area contributed by atoms with Crippen LogP contribution in [0.2, 0.25) is 0 Å². The van der Waals surface area contributed by atoms with Gasteiger partial charge in [0.05, 0.1) is 5.60 Å². The second-order valence-corrected chi connectivity index (χ2v) is 5.72. The van der Waals surface area contributed by atoms with E-state index < -0.39 is 5.60 Å². The summed E-state index contributed by atoms with van der Waals surface area (Å²) in [7, 11) is 1.65. The average molecular weight is 316 g/mol. The Morgan fingerprint density at radius 3 is 2.72 bits per heavy atom. The van der Waals surface area contributed by atoms with Crippen molar-refractivity contribution >= 4 is 15.9 Å². The molecule has 1 aromatic carbocycles. The van der Waals surface area contributed by atoms with Gasteiger partial charge in [-0.25, -0.2) is 0 Å². The van der Waals surface area contributed by atoms with Gasteiger partial charge in [-0.1, -0.05) is 34.1 Å². The topological polar surface area (TPSA) is 41.5 Å². The SMILES string of the molecule is COCCC(C)(O)CNC(C)c1ccccc1Br. The van der Waals surface area contributed by atoms with Crippen LogP contribution in [0.15, 0.2) is 28.7 Å². The highest BCUT2D eigenvalue weighted by atomic mass is 79.9. The Morgan fingerprint density at radius 1 is 1.44 bits per heavy atom. The number of halogens is 1. The van der Waals surface area contributed by atoms with Gasteiger partial charge in [0.25, 0.3) is 0 Å². The van der Waals surface area contributed by atoms with Crippen molar-refractivity contribution in [3.8, 4) is 0 Å². The number of hydrogen-bond donors (Lipinski definition) is 2. The van der Waals surface area contributed by atoms with Crippen molar-refractivity contribution < 1.29 is 9.84 Å². The highest BCUT2D eigenvalue weighted by Gasteiger charge is 2.21. The van der Waals surface area contributed by atoms with Crippen LogP contribution in [-0.2, 0) is 4.74 Å². The summed E-state index contributed by atoms with van der Waals surface area (Å²) in [6.07, 6.45) is 0.624. The third-order valence-electron chi connectivity index (χ3n) is 3.01. The molecule has 1 rings (SSSR count). The molecular formula is C14H22BrNO2. The first-order valence-electron chi connectivity index (χ1n) is 6.15. The van der Waals surface area contributed by atoms with E-state index in [2.05, 4.69) is 34.2 Å². The molecule has 0 amide bonds. The van der Waals surface area contributed by atoms with Crippen molar-refractivity contribution in [3.63, 3.8) is 0 Å². The molecule has 0 saturated carbocycles. The van der Waals surface area contributed by atoms with Gasteiger partial charge in [0.2, 0.25) is 0 Å². The van der Waals surface area contributed by atoms with Crippen molar-refractivity contribution in [2.24, 2.45) is 0 Å². The maximum absolute atomic E-state index is 10.2. The molecule has 0 aliphatic carbocycles. The van der Waals surface area contributed by atoms with Crippen LogP contribution in [0.5, 0.6) is 0 Å². The van der Waals surface area contributed by atoms with Gasteiger partial charge in [-0.05, 0) is 25.5 Å². The van der Waals surface area contributed by atoms with Crippen molar-refractivity contribution in [2.45, 2.75) is 31.9 Å². The summed E-state index contributed by atoms with van der Waals surface area (Å²) in [5.74, 6) is 0. The summed E-state index contributed by atoms with van der Waals surface area (Å²) in [4.78, 5) is 0. The Balaban J connectivity index is 2.51. The molecule has 0 saturated heterocycles. The first-order valence-corrected chi connectivity index (χ1v) is 6.95. The van der Waals surface area contributed by atoms with Crippen LogP contribution in [0.4, 0.5) is 0 Å². The molecule has 3 nitrogen and oxygen atoms in total. The van der Waals surface area contributed by atoms with Crippen molar-refractivity contribution in [1.82, 2.24) is 5.32 Å². The predicted octanol–water partition coefficient (Wildman–Crippen LogP) is 2.89. The largest absolute Gasteiger partial charge is 0.389 e. The lowest BCUT2D eigenvalue weighted by Crippen LogP contribution is -2.39. The van der Waals surface area contributed by atoms with Gasteiger partial charge < -0.3 is 15.2 Å². The molecule has 2 N–H and O–H groups in total. The lowest BCUT2D eigenvalue weighted by Gasteiger charge is -2.26. The van der Waals surface area contributed by atoms with Gasteiger partial charge in [0.1, 0.15) is 0 Å². The van der Waals surface area contributed by atoms with E-state index in [1.54, 1.807) is 7.11 Å². The number of nitrogens with one attached hydrogen (secondary N) is 1. The van der Waals surface area contributed by atoms with Crippen LogP contribution in [0.25, 0.3) is 0 Å². The minimum Gasteiger partial charge on any atom is -0.389 e. The first kappa shape index (κ1) is 15.6. The van der Waals surface area contributed by atoms with E-state index in [1.807, 2.05) is 25.1 Å². The predicted molar refractivity (Wildman–Crippen MR) is 77.7 cm³/mol. The molecule has 4 heteroatoms. The molecule has 1 aromatic rings. The Hall–Kier alpha value is -0.420. The zero-order valence-corrected chi connectivity index (χ0v) is 12.8. The van der Waals surface area contributed by atoms with E-state index in [0.717, 1.165) is 4.47 Å². The van der Waals surface area contributed by atoms with E-state index in [9.17, 15) is 5.11 Å². The summed E-state index contributed by atoms with van der Waals surface area (Å²) >= 11 is 3.54. The summed E-state index contributed by atoms with van der Waals surface area (Å²) < 4.78 is 6.08. The molecule has 0 radical (unpaired) electrons. The molecule has 0 fully saturated rings. The number of benzene rings is 1. The second kappa shape index (κ2) is 7.24. The highest BCUT2D eigenvalue weighted by Crippen LogP contribution is 2.23. The lowest BCUT2D eigenvalue weighted by atomic mass is 10.0. The van der Waals surface area contributed by atoms with Crippen molar-refractivity contribution in [1.29, 1.82) is 0 Å². The minimum atomic E-state index is -0.745. The second-order valence-electron chi connectivity index (χ2n) is 4.86. The van der Waals surface area contributed by atoms with Crippen LogP contribution in [-0.4, -0.2) is 31.0 Å². The van der Waals surface area contributed by atoms with Crippen LogP contribution >= 0.6 is 15.9 Å².